The van der Waals surface area contributed by atoms with Crippen LogP contribution in [0.4, 0.5) is 0 Å². The zero-order valence-corrected chi connectivity index (χ0v) is 9.17. The molecule has 6 heteroatoms. The summed E-state index contributed by atoms with van der Waals surface area (Å²) in [5.74, 6) is -0.738. The van der Waals surface area contributed by atoms with Crippen LogP contribution in [0.15, 0.2) is 23.5 Å². The van der Waals surface area contributed by atoms with Crippen LogP contribution in [0, 0.1) is 0 Å². The lowest BCUT2D eigenvalue weighted by molar-refractivity contribution is -0.117. The summed E-state index contributed by atoms with van der Waals surface area (Å²) in [5, 5.41) is 17.7. The van der Waals surface area contributed by atoms with Gasteiger partial charge in [0.05, 0.1) is 11.4 Å². The van der Waals surface area contributed by atoms with E-state index in [1.807, 2.05) is 0 Å². The number of hydrogen-bond acceptors (Lipinski definition) is 6. The van der Waals surface area contributed by atoms with Crippen molar-refractivity contribution in [1.29, 1.82) is 0 Å². The number of carbonyl (C=O) groups is 2. The molecule has 0 saturated carbocycles. The zero-order chi connectivity index (χ0) is 12.3. The molecular weight excluding hydrogens is 212 g/mol. The summed E-state index contributed by atoms with van der Waals surface area (Å²) >= 11 is 0. The minimum absolute atomic E-state index is 0.141. The summed E-state index contributed by atoms with van der Waals surface area (Å²) in [7, 11) is 3.01. The van der Waals surface area contributed by atoms with E-state index in [2.05, 4.69) is 0 Å². The maximum absolute atomic E-state index is 11.6. The molecular formula is C10H14N2O4. The molecule has 0 bridgehead atoms. The van der Waals surface area contributed by atoms with Crippen LogP contribution in [0.3, 0.4) is 0 Å². The Balaban J connectivity index is 2.96. The van der Waals surface area contributed by atoms with Crippen molar-refractivity contribution in [2.75, 3.05) is 27.6 Å². The first-order valence-corrected chi connectivity index (χ1v) is 4.67. The maximum Gasteiger partial charge on any atom is 0.204 e. The number of rotatable bonds is 4. The molecule has 0 aromatic carbocycles. The second kappa shape index (κ2) is 4.91. The highest BCUT2D eigenvalue weighted by Crippen LogP contribution is 2.15. The number of aliphatic hydroxyl groups excluding tert-OH is 2. The summed E-state index contributed by atoms with van der Waals surface area (Å²) in [6.07, 6.45) is 2.31. The lowest BCUT2D eigenvalue weighted by Gasteiger charge is -2.24. The minimum Gasteiger partial charge on any atom is -0.376 e. The molecule has 0 spiro atoms. The quantitative estimate of drug-likeness (QED) is 0.456. The van der Waals surface area contributed by atoms with Crippen molar-refractivity contribution in [2.24, 2.45) is 0 Å². The third kappa shape index (κ3) is 2.29. The van der Waals surface area contributed by atoms with Crippen molar-refractivity contribution >= 4 is 11.6 Å². The number of ketones is 2. The van der Waals surface area contributed by atoms with E-state index in [1.165, 1.54) is 23.9 Å². The predicted molar refractivity (Wildman–Crippen MR) is 55.9 cm³/mol. The minimum atomic E-state index is -0.369. The molecule has 6 nitrogen and oxygen atoms in total. The van der Waals surface area contributed by atoms with Crippen LogP contribution in [0.25, 0.3) is 0 Å². The molecule has 2 N–H and O–H groups in total. The highest BCUT2D eigenvalue weighted by molar-refractivity contribution is 6.19. The Morgan fingerprint density at radius 1 is 0.938 bits per heavy atom. The van der Waals surface area contributed by atoms with Crippen molar-refractivity contribution in [2.45, 2.75) is 0 Å². The van der Waals surface area contributed by atoms with Gasteiger partial charge in [-0.15, -0.1) is 0 Å². The van der Waals surface area contributed by atoms with Crippen molar-refractivity contribution in [3.8, 4) is 0 Å². The second-order valence-electron chi connectivity index (χ2n) is 3.47. The summed E-state index contributed by atoms with van der Waals surface area (Å²) in [6.45, 7) is -0.687. The van der Waals surface area contributed by atoms with Gasteiger partial charge in [0.15, 0.2) is 0 Å². The van der Waals surface area contributed by atoms with E-state index >= 15 is 0 Å². The van der Waals surface area contributed by atoms with Crippen LogP contribution in [0.1, 0.15) is 0 Å². The molecule has 0 amide bonds. The van der Waals surface area contributed by atoms with Gasteiger partial charge in [-0.25, -0.2) is 0 Å². The van der Waals surface area contributed by atoms with Gasteiger partial charge in [0.25, 0.3) is 0 Å². The Bertz CT molecular complexity index is 337. The van der Waals surface area contributed by atoms with Gasteiger partial charge in [-0.05, 0) is 0 Å². The van der Waals surface area contributed by atoms with Gasteiger partial charge in [-0.2, -0.15) is 0 Å². The highest BCUT2D eigenvalue weighted by atomic mass is 16.3. The van der Waals surface area contributed by atoms with E-state index in [0.717, 1.165) is 12.2 Å². The number of aliphatic hydroxyl groups is 2. The average molecular weight is 226 g/mol. The number of hydrogen-bond donors (Lipinski definition) is 2. The summed E-state index contributed by atoms with van der Waals surface area (Å²) < 4.78 is 0. The van der Waals surface area contributed by atoms with Gasteiger partial charge in [0.1, 0.15) is 13.5 Å². The van der Waals surface area contributed by atoms with Crippen LogP contribution < -0.4 is 0 Å². The lowest BCUT2D eigenvalue weighted by atomic mass is 10.1. The van der Waals surface area contributed by atoms with Gasteiger partial charge in [-0.1, -0.05) is 0 Å². The van der Waals surface area contributed by atoms with Crippen LogP contribution in [-0.4, -0.2) is 59.1 Å². The number of likely N-dealkylation sites (N-methyl/N-ethyl adjacent to an activating group) is 2. The van der Waals surface area contributed by atoms with E-state index in [0.29, 0.717) is 0 Å². The fraction of sp³-hybridized carbons (Fsp3) is 0.400. The molecule has 0 unspecified atom stereocenters. The normalized spacial score (nSPS) is 15.8. The lowest BCUT2D eigenvalue weighted by Crippen LogP contribution is -2.32. The van der Waals surface area contributed by atoms with E-state index in [4.69, 9.17) is 10.2 Å². The van der Waals surface area contributed by atoms with Crippen molar-refractivity contribution in [3.63, 3.8) is 0 Å². The molecule has 0 atom stereocenters. The van der Waals surface area contributed by atoms with Gasteiger partial charge >= 0.3 is 0 Å². The maximum atomic E-state index is 11.6. The molecule has 0 saturated heterocycles. The first-order valence-electron chi connectivity index (χ1n) is 4.67. The number of nitrogens with zero attached hydrogens (tertiary/aromatic N) is 2. The van der Waals surface area contributed by atoms with Crippen molar-refractivity contribution < 1.29 is 19.8 Å². The molecule has 88 valence electrons. The fourth-order valence-electron chi connectivity index (χ4n) is 1.29. The average Bonchev–Trinajstić information content (AvgIpc) is 2.29. The Morgan fingerprint density at radius 3 is 1.50 bits per heavy atom. The molecule has 1 rings (SSSR count). The van der Waals surface area contributed by atoms with Gasteiger partial charge in [-0.3, -0.25) is 9.59 Å². The molecule has 0 radical (unpaired) electrons. The smallest absolute Gasteiger partial charge is 0.204 e. The molecule has 1 aliphatic carbocycles. The topological polar surface area (TPSA) is 81.1 Å². The van der Waals surface area contributed by atoms with Crippen molar-refractivity contribution in [1.82, 2.24) is 9.80 Å². The molecule has 16 heavy (non-hydrogen) atoms. The predicted octanol–water partition coefficient (Wildman–Crippen LogP) is -1.33. The Kier molecular flexibility index (Phi) is 3.81. The molecule has 0 aliphatic heterocycles. The van der Waals surface area contributed by atoms with Crippen LogP contribution >= 0.6 is 0 Å². The van der Waals surface area contributed by atoms with Crippen LogP contribution in [0.5, 0.6) is 0 Å². The fourth-order valence-corrected chi connectivity index (χ4v) is 1.29. The number of allylic oxidation sites excluding steroid dienone is 2. The van der Waals surface area contributed by atoms with Crippen LogP contribution in [-0.2, 0) is 9.59 Å². The third-order valence-electron chi connectivity index (χ3n) is 2.29. The molecule has 1 aliphatic rings. The highest BCUT2D eigenvalue weighted by Gasteiger charge is 2.24. The van der Waals surface area contributed by atoms with E-state index in [-0.39, 0.29) is 36.4 Å². The summed E-state index contributed by atoms with van der Waals surface area (Å²) in [5.41, 5.74) is 0.283. The SMILES string of the molecule is CN(CO)C1=CC(=O)C(N(C)CO)=CC1=O. The zero-order valence-electron chi connectivity index (χ0n) is 9.17. The summed E-state index contributed by atoms with van der Waals surface area (Å²) in [4.78, 5) is 25.8. The molecule has 0 heterocycles. The largest absolute Gasteiger partial charge is 0.376 e. The van der Waals surface area contributed by atoms with E-state index in [9.17, 15) is 9.59 Å². The second-order valence-corrected chi connectivity index (χ2v) is 3.47. The van der Waals surface area contributed by atoms with Gasteiger partial charge in [0, 0.05) is 26.2 Å². The van der Waals surface area contributed by atoms with Gasteiger partial charge in [0.2, 0.25) is 11.6 Å². The third-order valence-corrected chi connectivity index (χ3v) is 2.29. The molecule has 0 aromatic rings. The first kappa shape index (κ1) is 12.4. The van der Waals surface area contributed by atoms with Crippen molar-refractivity contribution in [3.05, 3.63) is 23.5 Å². The Hall–Kier alpha value is -1.66. The molecule has 0 fully saturated rings. The Morgan fingerprint density at radius 2 is 1.25 bits per heavy atom. The number of carbonyl (C=O) groups excluding carboxylic acids is 2. The van der Waals surface area contributed by atoms with Crippen LogP contribution in [0.2, 0.25) is 0 Å². The molecule has 0 aromatic heterocycles. The van der Waals surface area contributed by atoms with Gasteiger partial charge < -0.3 is 20.0 Å². The van der Waals surface area contributed by atoms with E-state index < -0.39 is 0 Å². The first-order chi connectivity index (χ1) is 7.51. The summed E-state index contributed by atoms with van der Waals surface area (Å²) in [6, 6.07) is 0. The standard InChI is InChI=1S/C10H14N2O4/c1-11(5-13)7-3-10(16)8(4-9(7)15)12(2)6-14/h3-4,13-14H,5-6H2,1-2H3. The monoisotopic (exact) mass is 226 g/mol. The van der Waals surface area contributed by atoms with E-state index in [1.54, 1.807) is 0 Å². The Labute approximate surface area is 93.1 Å².